The molecule has 176 valence electrons. The van der Waals surface area contributed by atoms with E-state index in [-0.39, 0.29) is 31.6 Å². The lowest BCUT2D eigenvalue weighted by atomic mass is 9.81. The normalized spacial score (nSPS) is 13.4. The second kappa shape index (κ2) is 12.5. The molecule has 1 aromatic rings. The van der Waals surface area contributed by atoms with Gasteiger partial charge in [-0.05, 0) is 62.8 Å². The summed E-state index contributed by atoms with van der Waals surface area (Å²) in [7, 11) is -2.97. The van der Waals surface area contributed by atoms with Crippen LogP contribution < -0.4 is 9.04 Å². The van der Waals surface area contributed by atoms with Crippen molar-refractivity contribution in [3.8, 4) is 5.75 Å². The van der Waals surface area contributed by atoms with Crippen molar-refractivity contribution >= 4 is 27.9 Å². The third-order valence-electron chi connectivity index (χ3n) is 5.16. The Labute approximate surface area is 184 Å². The molecule has 0 radical (unpaired) electrons. The Bertz CT molecular complexity index is 791. The smallest absolute Gasteiger partial charge is 0.359 e. The molecule has 2 unspecified atom stereocenters. The summed E-state index contributed by atoms with van der Waals surface area (Å²) in [6.45, 7) is 7.32. The predicted octanol–water partition coefficient (Wildman–Crippen LogP) is 3.10. The molecule has 1 aromatic carbocycles. The van der Waals surface area contributed by atoms with Gasteiger partial charge in [0, 0.05) is 6.54 Å². The molecule has 31 heavy (non-hydrogen) atoms. The summed E-state index contributed by atoms with van der Waals surface area (Å²) in [6, 6.07) is 6.27. The van der Waals surface area contributed by atoms with Gasteiger partial charge < -0.3 is 14.2 Å². The number of methoxy groups -OCH3 is 1. The Balaban J connectivity index is 2.85. The fourth-order valence-corrected chi connectivity index (χ4v) is 4.01. The monoisotopic (exact) mass is 459 g/mol. The van der Waals surface area contributed by atoms with E-state index in [0.717, 1.165) is 4.31 Å². The van der Waals surface area contributed by atoms with Crippen LogP contribution in [0.2, 0.25) is 0 Å². The number of rotatable bonds is 13. The summed E-state index contributed by atoms with van der Waals surface area (Å²) in [5.41, 5.74) is 0.305. The molecule has 1 N–H and O–H groups in total. The predicted molar refractivity (Wildman–Crippen MR) is 116 cm³/mol. The Hall–Kier alpha value is -2.33. The van der Waals surface area contributed by atoms with Crippen LogP contribution in [0.5, 0.6) is 5.75 Å². The number of anilines is 1. The van der Waals surface area contributed by atoms with Crippen LogP contribution in [0.25, 0.3) is 0 Å². The SMILES string of the molecule is CCOC(=O)C(C(=O)OCC)C(C)C(C)CCCN(c1ccc(OC)cc1)S(=O)(=O)O. The van der Waals surface area contributed by atoms with Crippen LogP contribution in [0.4, 0.5) is 5.69 Å². The van der Waals surface area contributed by atoms with Crippen LogP contribution >= 0.6 is 0 Å². The van der Waals surface area contributed by atoms with Gasteiger partial charge in [0.1, 0.15) is 5.75 Å². The topological polar surface area (TPSA) is 119 Å². The molecule has 0 aliphatic rings. The van der Waals surface area contributed by atoms with E-state index < -0.39 is 28.2 Å². The standard InChI is InChI=1S/C21H33NO8S/c1-6-29-20(23)19(21(24)30-7-2)16(4)15(3)9-8-14-22(31(25,26)27)17-10-12-18(28-5)13-11-17/h10-13,15-16,19H,6-9,14H2,1-5H3,(H,25,26,27). The fraction of sp³-hybridized carbons (Fsp3) is 0.619. The van der Waals surface area contributed by atoms with Gasteiger partial charge >= 0.3 is 22.2 Å². The maximum atomic E-state index is 12.3. The summed E-state index contributed by atoms with van der Waals surface area (Å²) in [5.74, 6) is -2.23. The summed E-state index contributed by atoms with van der Waals surface area (Å²) >= 11 is 0. The van der Waals surface area contributed by atoms with Gasteiger partial charge in [-0.3, -0.25) is 14.1 Å². The van der Waals surface area contributed by atoms with Crippen LogP contribution in [0, 0.1) is 17.8 Å². The third-order valence-corrected chi connectivity index (χ3v) is 6.11. The Morgan fingerprint density at radius 1 is 1.03 bits per heavy atom. The van der Waals surface area contributed by atoms with E-state index in [1.165, 1.54) is 19.2 Å². The Morgan fingerprint density at radius 2 is 1.55 bits per heavy atom. The first-order chi connectivity index (χ1) is 14.6. The number of hydrogen-bond acceptors (Lipinski definition) is 7. The molecule has 0 spiro atoms. The number of hydrogen-bond donors (Lipinski definition) is 1. The molecular weight excluding hydrogens is 426 g/mol. The third kappa shape index (κ3) is 8.02. The molecule has 2 atom stereocenters. The van der Waals surface area contributed by atoms with Gasteiger partial charge in [0.05, 0.1) is 26.0 Å². The number of esters is 2. The van der Waals surface area contributed by atoms with E-state index >= 15 is 0 Å². The van der Waals surface area contributed by atoms with Gasteiger partial charge in [0.15, 0.2) is 5.92 Å². The lowest BCUT2D eigenvalue weighted by Crippen LogP contribution is -2.36. The van der Waals surface area contributed by atoms with Crippen LogP contribution in [-0.4, -0.2) is 51.8 Å². The van der Waals surface area contributed by atoms with E-state index in [9.17, 15) is 22.6 Å². The number of benzene rings is 1. The van der Waals surface area contributed by atoms with Crippen molar-refractivity contribution in [1.29, 1.82) is 0 Å². The van der Waals surface area contributed by atoms with Crippen molar-refractivity contribution in [3.05, 3.63) is 24.3 Å². The number of carbonyl (C=O) groups excluding carboxylic acids is 2. The summed E-state index contributed by atoms with van der Waals surface area (Å²) < 4.78 is 49.4. The zero-order valence-electron chi connectivity index (χ0n) is 18.7. The number of ether oxygens (including phenoxy) is 3. The first-order valence-corrected chi connectivity index (χ1v) is 11.7. The van der Waals surface area contributed by atoms with Crippen molar-refractivity contribution in [1.82, 2.24) is 0 Å². The largest absolute Gasteiger partial charge is 0.497 e. The average Bonchev–Trinajstić information content (AvgIpc) is 2.70. The molecule has 9 nitrogen and oxygen atoms in total. The lowest BCUT2D eigenvalue weighted by Gasteiger charge is -2.27. The summed E-state index contributed by atoms with van der Waals surface area (Å²) in [5, 5.41) is 0. The van der Waals surface area contributed by atoms with E-state index in [1.54, 1.807) is 32.9 Å². The Morgan fingerprint density at radius 3 is 1.97 bits per heavy atom. The van der Waals surface area contributed by atoms with Gasteiger partial charge in [-0.2, -0.15) is 8.42 Å². The van der Waals surface area contributed by atoms with Gasteiger partial charge in [-0.15, -0.1) is 0 Å². The minimum absolute atomic E-state index is 0.0334. The summed E-state index contributed by atoms with van der Waals surface area (Å²) in [6.07, 6.45) is 0.911. The molecule has 1 rings (SSSR count). The van der Waals surface area contributed by atoms with Gasteiger partial charge in [-0.1, -0.05) is 13.8 Å². The molecule has 0 saturated carbocycles. The minimum Gasteiger partial charge on any atom is -0.497 e. The van der Waals surface area contributed by atoms with Gasteiger partial charge in [0.25, 0.3) is 0 Å². The number of carbonyl (C=O) groups is 2. The van der Waals surface area contributed by atoms with Crippen LogP contribution in [0.15, 0.2) is 24.3 Å². The van der Waals surface area contributed by atoms with E-state index in [0.29, 0.717) is 24.3 Å². The van der Waals surface area contributed by atoms with E-state index in [4.69, 9.17) is 14.2 Å². The van der Waals surface area contributed by atoms with Crippen molar-refractivity contribution in [2.24, 2.45) is 17.8 Å². The fourth-order valence-electron chi connectivity index (χ4n) is 3.26. The second-order valence-corrected chi connectivity index (χ2v) is 8.54. The Kier molecular flexibility index (Phi) is 10.8. The van der Waals surface area contributed by atoms with Crippen LogP contribution in [0.3, 0.4) is 0 Å². The van der Waals surface area contributed by atoms with Crippen LogP contribution in [-0.2, 0) is 29.4 Å². The van der Waals surface area contributed by atoms with Crippen LogP contribution in [0.1, 0.15) is 40.5 Å². The molecule has 0 aromatic heterocycles. The molecule has 0 aliphatic carbocycles. The highest BCUT2D eigenvalue weighted by Gasteiger charge is 2.37. The van der Waals surface area contributed by atoms with Crippen molar-refractivity contribution in [3.63, 3.8) is 0 Å². The molecule has 10 heteroatoms. The molecule has 0 aliphatic heterocycles. The maximum Gasteiger partial charge on any atom is 0.359 e. The quantitative estimate of drug-likeness (QED) is 0.271. The molecule has 0 heterocycles. The minimum atomic E-state index is -4.47. The highest BCUT2D eigenvalue weighted by Crippen LogP contribution is 2.28. The highest BCUT2D eigenvalue weighted by molar-refractivity contribution is 7.87. The maximum absolute atomic E-state index is 12.3. The first kappa shape index (κ1) is 26.7. The second-order valence-electron chi connectivity index (χ2n) is 7.21. The van der Waals surface area contributed by atoms with E-state index in [1.807, 2.05) is 6.92 Å². The number of nitrogens with zero attached hydrogens (tertiary/aromatic N) is 1. The molecule has 0 saturated heterocycles. The van der Waals surface area contributed by atoms with Crippen molar-refractivity contribution in [2.75, 3.05) is 31.2 Å². The van der Waals surface area contributed by atoms with Gasteiger partial charge in [0.2, 0.25) is 0 Å². The summed E-state index contributed by atoms with van der Waals surface area (Å²) in [4.78, 5) is 24.6. The van der Waals surface area contributed by atoms with Crippen molar-refractivity contribution < 1.29 is 36.8 Å². The average molecular weight is 460 g/mol. The molecule has 0 bridgehead atoms. The zero-order chi connectivity index (χ0) is 23.6. The van der Waals surface area contributed by atoms with Crippen molar-refractivity contribution in [2.45, 2.75) is 40.5 Å². The molecular formula is C21H33NO8S. The van der Waals surface area contributed by atoms with Gasteiger partial charge in [-0.25, -0.2) is 4.31 Å². The zero-order valence-corrected chi connectivity index (χ0v) is 19.6. The lowest BCUT2D eigenvalue weighted by molar-refractivity contribution is -0.165. The first-order valence-electron chi connectivity index (χ1n) is 10.3. The van der Waals surface area contributed by atoms with E-state index in [2.05, 4.69) is 0 Å². The molecule has 0 amide bonds. The molecule has 0 fully saturated rings. The highest BCUT2D eigenvalue weighted by atomic mass is 32.2.